The molecule has 1 heterocycles. The number of nitrogens with zero attached hydrogens (tertiary/aromatic N) is 1. The van der Waals surface area contributed by atoms with Crippen molar-refractivity contribution in [1.82, 2.24) is 5.32 Å². The van der Waals surface area contributed by atoms with Crippen LogP contribution in [0.2, 0.25) is 0 Å². The SMILES string of the molecule is CCCCc1ccc(N=C2NC(=O)C(=Cc3ccc(Br)cc3)S2)cc1. The maximum Gasteiger partial charge on any atom is 0.264 e. The average molecular weight is 415 g/mol. The van der Waals surface area contributed by atoms with E-state index in [-0.39, 0.29) is 5.91 Å². The zero-order valence-corrected chi connectivity index (χ0v) is 16.4. The number of rotatable bonds is 5. The average Bonchev–Trinajstić information content (AvgIpc) is 2.95. The minimum Gasteiger partial charge on any atom is -0.300 e. The summed E-state index contributed by atoms with van der Waals surface area (Å²) in [6, 6.07) is 16.1. The molecule has 3 nitrogen and oxygen atoms in total. The van der Waals surface area contributed by atoms with E-state index in [0.717, 1.165) is 22.1 Å². The first kappa shape index (κ1) is 18.0. The highest BCUT2D eigenvalue weighted by Gasteiger charge is 2.23. The lowest BCUT2D eigenvalue weighted by atomic mass is 10.1. The molecule has 0 aromatic heterocycles. The zero-order valence-electron chi connectivity index (χ0n) is 14.0. The summed E-state index contributed by atoms with van der Waals surface area (Å²) in [5, 5.41) is 3.45. The molecule has 0 bridgehead atoms. The van der Waals surface area contributed by atoms with E-state index in [1.807, 2.05) is 42.5 Å². The fourth-order valence-electron chi connectivity index (χ4n) is 2.43. The van der Waals surface area contributed by atoms with E-state index < -0.39 is 0 Å². The Balaban J connectivity index is 1.71. The largest absolute Gasteiger partial charge is 0.300 e. The van der Waals surface area contributed by atoms with Gasteiger partial charge in [0, 0.05) is 4.47 Å². The van der Waals surface area contributed by atoms with Gasteiger partial charge in [0.15, 0.2) is 5.17 Å². The highest BCUT2D eigenvalue weighted by atomic mass is 79.9. The summed E-state index contributed by atoms with van der Waals surface area (Å²) in [7, 11) is 0. The summed E-state index contributed by atoms with van der Waals surface area (Å²) in [6.45, 7) is 2.19. The van der Waals surface area contributed by atoms with Crippen molar-refractivity contribution in [2.75, 3.05) is 0 Å². The van der Waals surface area contributed by atoms with Gasteiger partial charge in [-0.05, 0) is 66.1 Å². The van der Waals surface area contributed by atoms with Gasteiger partial charge in [-0.1, -0.05) is 53.5 Å². The van der Waals surface area contributed by atoms with E-state index in [0.29, 0.717) is 10.1 Å². The van der Waals surface area contributed by atoms with Crippen molar-refractivity contribution in [3.8, 4) is 0 Å². The standard InChI is InChI=1S/C20H19BrN2OS/c1-2-3-4-14-7-11-17(12-8-14)22-20-23-19(24)18(25-20)13-15-5-9-16(21)10-6-15/h5-13H,2-4H2,1H3,(H,22,23,24). The third kappa shape index (κ3) is 5.06. The van der Waals surface area contributed by atoms with Gasteiger partial charge in [0.2, 0.25) is 0 Å². The van der Waals surface area contributed by atoms with Crippen LogP contribution in [0.25, 0.3) is 6.08 Å². The summed E-state index contributed by atoms with van der Waals surface area (Å²) in [6.07, 6.45) is 5.37. The predicted molar refractivity (Wildman–Crippen MR) is 110 cm³/mol. The number of benzene rings is 2. The lowest BCUT2D eigenvalue weighted by Crippen LogP contribution is -2.19. The molecule has 1 aliphatic heterocycles. The van der Waals surface area contributed by atoms with Crippen LogP contribution in [0.4, 0.5) is 5.69 Å². The second kappa shape index (κ2) is 8.50. The number of nitrogens with one attached hydrogen (secondary N) is 1. The van der Waals surface area contributed by atoms with Crippen molar-refractivity contribution in [1.29, 1.82) is 0 Å². The van der Waals surface area contributed by atoms with Gasteiger partial charge < -0.3 is 5.32 Å². The van der Waals surface area contributed by atoms with Crippen molar-refractivity contribution < 1.29 is 4.79 Å². The van der Waals surface area contributed by atoms with Crippen molar-refractivity contribution in [2.24, 2.45) is 4.99 Å². The van der Waals surface area contributed by atoms with Gasteiger partial charge in [-0.25, -0.2) is 4.99 Å². The number of hydrogen-bond acceptors (Lipinski definition) is 3. The predicted octanol–water partition coefficient (Wildman–Crippen LogP) is 5.68. The number of hydrogen-bond donors (Lipinski definition) is 1. The Bertz CT molecular complexity index is 811. The van der Waals surface area contributed by atoms with Crippen LogP contribution in [0, 0.1) is 0 Å². The molecule has 1 fully saturated rings. The van der Waals surface area contributed by atoms with Crippen LogP contribution in [0.5, 0.6) is 0 Å². The van der Waals surface area contributed by atoms with E-state index in [2.05, 4.69) is 45.3 Å². The molecule has 1 saturated heterocycles. The molecule has 0 unspecified atom stereocenters. The van der Waals surface area contributed by atoms with Crippen LogP contribution >= 0.6 is 27.7 Å². The molecule has 128 valence electrons. The lowest BCUT2D eigenvalue weighted by molar-refractivity contribution is -0.115. The third-order valence-electron chi connectivity index (χ3n) is 3.80. The van der Waals surface area contributed by atoms with E-state index in [1.54, 1.807) is 0 Å². The Labute approximate surface area is 160 Å². The van der Waals surface area contributed by atoms with Crippen LogP contribution in [0.15, 0.2) is 62.9 Å². The third-order valence-corrected chi connectivity index (χ3v) is 5.24. The fourth-order valence-corrected chi connectivity index (χ4v) is 3.53. The number of amides is 1. The molecule has 0 atom stereocenters. The molecule has 0 radical (unpaired) electrons. The van der Waals surface area contributed by atoms with Crippen LogP contribution < -0.4 is 5.32 Å². The minimum absolute atomic E-state index is 0.105. The molecular formula is C20H19BrN2OS. The molecule has 5 heteroatoms. The maximum atomic E-state index is 12.1. The Morgan fingerprint density at radius 1 is 1.12 bits per heavy atom. The summed E-state index contributed by atoms with van der Waals surface area (Å²) >= 11 is 4.78. The Hall–Kier alpha value is -1.85. The molecule has 1 aliphatic rings. The van der Waals surface area contributed by atoms with Crippen LogP contribution in [-0.2, 0) is 11.2 Å². The monoisotopic (exact) mass is 414 g/mol. The van der Waals surface area contributed by atoms with Gasteiger partial charge in [0.05, 0.1) is 10.6 Å². The normalized spacial score (nSPS) is 17.3. The molecule has 2 aromatic carbocycles. The molecule has 0 saturated carbocycles. The zero-order chi connectivity index (χ0) is 17.6. The number of aryl methyl sites for hydroxylation is 1. The Morgan fingerprint density at radius 3 is 2.52 bits per heavy atom. The summed E-state index contributed by atoms with van der Waals surface area (Å²) in [4.78, 5) is 17.3. The van der Waals surface area contributed by atoms with Gasteiger partial charge in [-0.2, -0.15) is 0 Å². The van der Waals surface area contributed by atoms with Crippen molar-refractivity contribution in [3.63, 3.8) is 0 Å². The Kier molecular flexibility index (Phi) is 6.10. The van der Waals surface area contributed by atoms with Gasteiger partial charge in [0.25, 0.3) is 5.91 Å². The number of amidine groups is 1. The topological polar surface area (TPSA) is 41.5 Å². The maximum absolute atomic E-state index is 12.1. The van der Waals surface area contributed by atoms with E-state index in [4.69, 9.17) is 0 Å². The van der Waals surface area contributed by atoms with Crippen molar-refractivity contribution in [2.45, 2.75) is 26.2 Å². The number of carbonyl (C=O) groups excluding carboxylic acids is 1. The quantitative estimate of drug-likeness (QED) is 0.638. The molecular weight excluding hydrogens is 396 g/mol. The minimum atomic E-state index is -0.105. The highest BCUT2D eigenvalue weighted by Crippen LogP contribution is 2.28. The van der Waals surface area contributed by atoms with Crippen LogP contribution in [-0.4, -0.2) is 11.1 Å². The molecule has 1 N–H and O–H groups in total. The van der Waals surface area contributed by atoms with E-state index >= 15 is 0 Å². The van der Waals surface area contributed by atoms with E-state index in [1.165, 1.54) is 30.2 Å². The van der Waals surface area contributed by atoms with Crippen molar-refractivity contribution >= 4 is 50.5 Å². The van der Waals surface area contributed by atoms with Gasteiger partial charge in [-0.3, -0.25) is 4.79 Å². The summed E-state index contributed by atoms with van der Waals surface area (Å²) in [5.41, 5.74) is 3.17. The van der Waals surface area contributed by atoms with E-state index in [9.17, 15) is 4.79 Å². The highest BCUT2D eigenvalue weighted by molar-refractivity contribution is 9.10. The number of unbranched alkanes of at least 4 members (excludes halogenated alkanes) is 1. The molecule has 1 amide bonds. The second-order valence-electron chi connectivity index (χ2n) is 5.80. The molecule has 0 aliphatic carbocycles. The molecule has 2 aromatic rings. The number of thioether (sulfide) groups is 1. The first-order valence-corrected chi connectivity index (χ1v) is 9.89. The smallest absolute Gasteiger partial charge is 0.264 e. The first-order valence-electron chi connectivity index (χ1n) is 8.28. The fraction of sp³-hybridized carbons (Fsp3) is 0.200. The Morgan fingerprint density at radius 2 is 1.84 bits per heavy atom. The number of aliphatic imine (C=N–C) groups is 1. The van der Waals surface area contributed by atoms with Crippen LogP contribution in [0.3, 0.4) is 0 Å². The molecule has 3 rings (SSSR count). The van der Waals surface area contributed by atoms with Crippen molar-refractivity contribution in [3.05, 3.63) is 69.0 Å². The summed E-state index contributed by atoms with van der Waals surface area (Å²) < 4.78 is 1.02. The van der Waals surface area contributed by atoms with Gasteiger partial charge in [-0.15, -0.1) is 0 Å². The molecule has 0 spiro atoms. The second-order valence-corrected chi connectivity index (χ2v) is 7.75. The lowest BCUT2D eigenvalue weighted by Gasteiger charge is -2.01. The van der Waals surface area contributed by atoms with Gasteiger partial charge >= 0.3 is 0 Å². The number of carbonyl (C=O) groups is 1. The first-order chi connectivity index (χ1) is 12.1. The van der Waals surface area contributed by atoms with Crippen LogP contribution in [0.1, 0.15) is 30.9 Å². The van der Waals surface area contributed by atoms with Gasteiger partial charge in [0.1, 0.15) is 0 Å². The number of halogens is 1. The summed E-state index contributed by atoms with van der Waals surface area (Å²) in [5.74, 6) is -0.105. The molecule has 25 heavy (non-hydrogen) atoms.